The molecule has 75 heavy (non-hydrogen) atoms. The third-order valence-electron chi connectivity index (χ3n) is 13.4. The van der Waals surface area contributed by atoms with Gasteiger partial charge >= 0.3 is 7.82 Å². The lowest BCUT2D eigenvalue weighted by Crippen LogP contribution is -2.51. The van der Waals surface area contributed by atoms with Gasteiger partial charge in [0.25, 0.3) is 0 Å². The third kappa shape index (κ3) is 55.9. The van der Waals surface area contributed by atoms with Crippen molar-refractivity contribution in [3.8, 4) is 0 Å². The molecule has 10 heteroatoms. The van der Waals surface area contributed by atoms with Gasteiger partial charge in [-0.05, 0) is 103 Å². The first-order valence-corrected chi connectivity index (χ1v) is 32.2. The van der Waals surface area contributed by atoms with Crippen molar-refractivity contribution in [1.29, 1.82) is 0 Å². The predicted octanol–water partition coefficient (Wildman–Crippen LogP) is 18.0. The molecule has 0 radical (unpaired) electrons. The Morgan fingerprint density at radius 3 is 1.27 bits per heavy atom. The lowest BCUT2D eigenvalue weighted by atomic mass is 10.0. The number of hydrogen-bond donors (Lipinski definition) is 4. The number of quaternary nitrogens is 1. The summed E-state index contributed by atoms with van der Waals surface area (Å²) >= 11 is 0. The number of likely N-dealkylation sites (N-methyl/N-ethyl adjacent to an activating group) is 1. The van der Waals surface area contributed by atoms with Crippen LogP contribution in [0.15, 0.2) is 97.2 Å². The number of nitrogens with one attached hydrogen (secondary N) is 1. The monoisotopic (exact) mass is 1070 g/mol. The van der Waals surface area contributed by atoms with Crippen LogP contribution in [0.1, 0.15) is 251 Å². The number of phosphoric acid groups is 1. The van der Waals surface area contributed by atoms with Crippen LogP contribution in [0.5, 0.6) is 0 Å². The number of rotatable bonds is 55. The maximum absolute atomic E-state index is 13.0. The second-order valence-corrected chi connectivity index (χ2v) is 23.3. The molecule has 0 spiro atoms. The second-order valence-electron chi connectivity index (χ2n) is 21.8. The van der Waals surface area contributed by atoms with Crippen LogP contribution < -0.4 is 5.32 Å². The van der Waals surface area contributed by atoms with Crippen LogP contribution in [0.2, 0.25) is 0 Å². The lowest BCUT2D eigenvalue weighted by molar-refractivity contribution is -0.870. The van der Waals surface area contributed by atoms with Crippen LogP contribution in [-0.2, 0) is 18.4 Å². The minimum atomic E-state index is -4.44. The van der Waals surface area contributed by atoms with E-state index >= 15 is 0 Å². The number of carbonyl (C=O) groups excluding carboxylic acids is 1. The molecule has 0 aliphatic heterocycles. The van der Waals surface area contributed by atoms with E-state index < -0.39 is 32.7 Å². The lowest BCUT2D eigenvalue weighted by Gasteiger charge is -2.28. The highest BCUT2D eigenvalue weighted by molar-refractivity contribution is 7.47. The van der Waals surface area contributed by atoms with E-state index in [1.807, 2.05) is 21.1 Å². The van der Waals surface area contributed by atoms with Crippen molar-refractivity contribution in [2.24, 2.45) is 0 Å². The Bertz CT molecular complexity index is 1560. The SMILES string of the molecule is CC/C=C\C/C=C\C/C=C\C/C=C\C/C=C\C/C=C\CCCCCCCCCCCCCCCCCCCCCCC(=O)NC(COP(=O)(O)OCC[N+](C)(C)C)C(O)C(O)CCC/C=C/CC/C=C/CCCCC. The summed E-state index contributed by atoms with van der Waals surface area (Å²) in [7, 11) is 1.41. The van der Waals surface area contributed by atoms with Gasteiger partial charge in [-0.3, -0.25) is 13.8 Å². The molecule has 4 N–H and O–H groups in total. The highest BCUT2D eigenvalue weighted by atomic mass is 31.2. The molecule has 9 nitrogen and oxygen atoms in total. The molecule has 434 valence electrons. The first-order valence-electron chi connectivity index (χ1n) is 30.7. The van der Waals surface area contributed by atoms with Gasteiger partial charge in [0, 0.05) is 6.42 Å². The van der Waals surface area contributed by atoms with E-state index in [1.165, 1.54) is 135 Å². The summed E-state index contributed by atoms with van der Waals surface area (Å²) in [4.78, 5) is 23.3. The number of nitrogens with zero attached hydrogens (tertiary/aromatic N) is 1. The summed E-state index contributed by atoms with van der Waals surface area (Å²) in [5, 5.41) is 24.8. The summed E-state index contributed by atoms with van der Waals surface area (Å²) in [6.45, 7) is 4.43. The minimum absolute atomic E-state index is 0.0117. The molecule has 0 saturated carbocycles. The molecule has 0 aromatic carbocycles. The van der Waals surface area contributed by atoms with Crippen molar-refractivity contribution < 1.29 is 38.0 Å². The van der Waals surface area contributed by atoms with Crippen LogP contribution in [0, 0.1) is 0 Å². The molecule has 1 amide bonds. The quantitative estimate of drug-likeness (QED) is 0.0207. The second kappa shape index (κ2) is 54.7. The van der Waals surface area contributed by atoms with Gasteiger partial charge in [-0.2, -0.15) is 0 Å². The summed E-state index contributed by atoms with van der Waals surface area (Å²) in [6.07, 6.45) is 75.3. The fraction of sp³-hybridized carbons (Fsp3) is 0.738. The van der Waals surface area contributed by atoms with E-state index in [2.05, 4.69) is 116 Å². The summed E-state index contributed by atoms with van der Waals surface area (Å²) in [5.74, 6) is -0.273. The number of carbonyl (C=O) groups is 1. The third-order valence-corrected chi connectivity index (χ3v) is 14.4. The van der Waals surface area contributed by atoms with E-state index in [9.17, 15) is 24.5 Å². The Morgan fingerprint density at radius 1 is 0.480 bits per heavy atom. The molecule has 0 saturated heterocycles. The number of aliphatic hydroxyl groups excluding tert-OH is 2. The largest absolute Gasteiger partial charge is 0.472 e. The average Bonchev–Trinajstić information content (AvgIpc) is 3.37. The number of allylic oxidation sites excluding steroid dienone is 16. The summed E-state index contributed by atoms with van der Waals surface area (Å²) < 4.78 is 23.6. The van der Waals surface area contributed by atoms with Crippen LogP contribution in [0.4, 0.5) is 0 Å². The number of aliphatic hydroxyl groups is 2. The molecular weight excluding hydrogens is 952 g/mol. The molecule has 0 rings (SSSR count). The van der Waals surface area contributed by atoms with Gasteiger partial charge in [-0.25, -0.2) is 4.57 Å². The van der Waals surface area contributed by atoms with Crippen molar-refractivity contribution in [3.63, 3.8) is 0 Å². The van der Waals surface area contributed by atoms with Crippen molar-refractivity contribution in [2.75, 3.05) is 40.9 Å². The smallest absolute Gasteiger partial charge is 0.390 e. The van der Waals surface area contributed by atoms with E-state index in [-0.39, 0.29) is 18.9 Å². The van der Waals surface area contributed by atoms with Crippen LogP contribution in [-0.4, -0.2) is 84.6 Å². The zero-order valence-corrected chi connectivity index (χ0v) is 50.0. The predicted molar refractivity (Wildman–Crippen MR) is 324 cm³/mol. The average molecular weight is 1070 g/mol. The van der Waals surface area contributed by atoms with Gasteiger partial charge in [0.2, 0.25) is 5.91 Å². The first-order chi connectivity index (χ1) is 36.4. The Balaban J connectivity index is 4.01. The van der Waals surface area contributed by atoms with Crippen molar-refractivity contribution >= 4 is 13.7 Å². The van der Waals surface area contributed by atoms with Gasteiger partial charge < -0.3 is 24.9 Å². The zero-order valence-electron chi connectivity index (χ0n) is 49.1. The molecule has 0 aliphatic rings. The fourth-order valence-electron chi connectivity index (χ4n) is 8.58. The maximum Gasteiger partial charge on any atom is 0.472 e. The standard InChI is InChI=1S/C65H117N2O7P/c1-6-8-10-12-14-16-18-20-21-22-23-24-25-26-27-28-29-30-31-32-33-34-35-36-37-38-39-40-41-42-43-44-45-46-48-50-52-54-56-58-64(69)66-62(61-74-75(71,72)73-60-59-67(3,4)5)65(70)63(68)57-55-53-51-49-47-19-17-15-13-11-9-7-2/h8,10,14-17,20-21,23-24,26-27,29-30,49,51,62-63,65,68,70H,6-7,9,11-13,18-19,22,25,28,31-48,50,52-61H2,1-5H3,(H-,66,69,71,72)/p+1/b10-8-,16-14-,17-15+,21-20-,24-23-,27-26-,30-29-,51-49+. The Kier molecular flexibility index (Phi) is 52.8. The highest BCUT2D eigenvalue weighted by Gasteiger charge is 2.31. The van der Waals surface area contributed by atoms with Gasteiger partial charge in [0.15, 0.2) is 0 Å². The molecule has 4 atom stereocenters. The molecule has 0 fully saturated rings. The number of phosphoric ester groups is 1. The normalized spacial score (nSPS) is 14.9. The molecule has 0 aromatic heterocycles. The maximum atomic E-state index is 13.0. The minimum Gasteiger partial charge on any atom is -0.390 e. The molecule has 0 aromatic rings. The number of amides is 1. The van der Waals surface area contributed by atoms with E-state index in [0.29, 0.717) is 23.9 Å². The molecule has 0 bridgehead atoms. The Morgan fingerprint density at radius 2 is 0.840 bits per heavy atom. The zero-order chi connectivity index (χ0) is 55.0. The highest BCUT2D eigenvalue weighted by Crippen LogP contribution is 2.43. The molecule has 4 unspecified atom stereocenters. The van der Waals surface area contributed by atoms with E-state index in [1.54, 1.807) is 0 Å². The van der Waals surface area contributed by atoms with Crippen LogP contribution in [0.25, 0.3) is 0 Å². The molecule has 0 heterocycles. The Labute approximate surface area is 462 Å². The van der Waals surface area contributed by atoms with Crippen LogP contribution >= 0.6 is 7.82 Å². The van der Waals surface area contributed by atoms with Crippen LogP contribution in [0.3, 0.4) is 0 Å². The van der Waals surface area contributed by atoms with Gasteiger partial charge in [0.05, 0.1) is 39.9 Å². The summed E-state index contributed by atoms with van der Waals surface area (Å²) in [6, 6.07) is -1.06. The topological polar surface area (TPSA) is 125 Å². The van der Waals surface area contributed by atoms with Crippen molar-refractivity contribution in [3.05, 3.63) is 97.2 Å². The van der Waals surface area contributed by atoms with Gasteiger partial charge in [-0.15, -0.1) is 0 Å². The van der Waals surface area contributed by atoms with E-state index in [0.717, 1.165) is 83.5 Å². The number of hydrogen-bond acceptors (Lipinski definition) is 6. The van der Waals surface area contributed by atoms with E-state index in [4.69, 9.17) is 9.05 Å². The summed E-state index contributed by atoms with van der Waals surface area (Å²) in [5.41, 5.74) is 0. The first kappa shape index (κ1) is 72.4. The molecule has 0 aliphatic carbocycles. The van der Waals surface area contributed by atoms with Crippen molar-refractivity contribution in [1.82, 2.24) is 5.32 Å². The van der Waals surface area contributed by atoms with Crippen molar-refractivity contribution in [2.45, 2.75) is 270 Å². The van der Waals surface area contributed by atoms with Gasteiger partial charge in [-0.1, -0.05) is 239 Å². The number of unbranched alkanes of at least 4 members (excludes halogenated alkanes) is 25. The Hall–Kier alpha value is -2.62. The fourth-order valence-corrected chi connectivity index (χ4v) is 9.31. The molecular formula is C65H118N2O7P+. The van der Waals surface area contributed by atoms with Gasteiger partial charge in [0.1, 0.15) is 19.3 Å².